The monoisotopic (exact) mass is 998 g/mol. The number of nitrogens with one attached hydrogen (secondary N) is 4. The fourth-order valence-corrected chi connectivity index (χ4v) is 12.9. The molecule has 10 atom stereocenters. The number of hydrogen-bond acceptors (Lipinski definition) is 12. The van der Waals surface area contributed by atoms with Crippen LogP contribution in [0.3, 0.4) is 0 Å². The fraction of sp³-hybridized carbons (Fsp3) is 0.480. The van der Waals surface area contributed by atoms with Crippen LogP contribution in [-0.2, 0) is 22.6 Å². The van der Waals surface area contributed by atoms with E-state index in [1.807, 2.05) is 6.92 Å². The van der Waals surface area contributed by atoms with Crippen LogP contribution in [0.15, 0.2) is 46.0 Å². The molecule has 4 aromatic rings. The van der Waals surface area contributed by atoms with Crippen LogP contribution >= 0.6 is 0 Å². The molecule has 6 aliphatic heterocycles. The Labute approximate surface area is 407 Å². The number of hydrogen-bond donors (Lipinski definition) is 5. The van der Waals surface area contributed by atoms with Gasteiger partial charge in [-0.3, -0.25) is 28.8 Å². The lowest BCUT2D eigenvalue weighted by Crippen LogP contribution is -2.58. The van der Waals surface area contributed by atoms with Gasteiger partial charge in [-0.2, -0.15) is 0 Å². The molecule has 4 bridgehead atoms. The highest BCUT2D eigenvalue weighted by molar-refractivity contribution is 6.02. The minimum Gasteiger partial charge on any atom is -0.503 e. The van der Waals surface area contributed by atoms with Crippen LogP contribution in [0, 0.1) is 23.3 Å². The van der Waals surface area contributed by atoms with Crippen molar-refractivity contribution in [2.75, 3.05) is 19.7 Å². The molecule has 4 amide bonds. The summed E-state index contributed by atoms with van der Waals surface area (Å²) in [6.07, 6.45) is 2.77. The van der Waals surface area contributed by atoms with Crippen molar-refractivity contribution >= 4 is 23.6 Å². The highest BCUT2D eigenvalue weighted by Gasteiger charge is 2.58. The number of rotatable bonds is 13. The lowest BCUT2D eigenvalue weighted by molar-refractivity contribution is -0.147. The number of aromatic hydroxyl groups is 1. The molecule has 0 spiro atoms. The molecule has 12 rings (SSSR count). The standard InChI is InChI=1S/C50H50F4N8O10/c1-2-55-31-17-34-50-60(26-8-10-28(16-26)72-50)48(69)40-44(42(64)36(37(31)62(34)40)46(67)58-20-22-4-6-24(52)14-30(22)54)70-12-11-56-32-18-33-49-59(25-7-9-27(15-25)71-49)47(68)39-43(65)41(63)35(38(32)61(33)39)45(66)57-19-21-3-5-23(51)13-29(21)53/h3-6,13-14,25-28,31-34,49-50,55-56,65H,2,7-12,15-20H2,1H3,(H,57,66)(H,58,67)/t25?,26?,27?,28?,31?,32?,33-,34+,49+,50+/m0/s1. The summed E-state index contributed by atoms with van der Waals surface area (Å²) in [6, 6.07) is 2.66. The number of aromatic nitrogens is 2. The third-order valence-electron chi connectivity index (χ3n) is 15.9. The van der Waals surface area contributed by atoms with Crippen LogP contribution < -0.4 is 36.9 Å². The van der Waals surface area contributed by atoms with Gasteiger partial charge in [0.05, 0.1) is 47.8 Å². The van der Waals surface area contributed by atoms with Gasteiger partial charge < -0.3 is 59.5 Å². The van der Waals surface area contributed by atoms with E-state index in [9.17, 15) is 46.6 Å². The van der Waals surface area contributed by atoms with Crippen LogP contribution in [0.2, 0.25) is 0 Å². The molecular formula is C50H50F4N8O10. The maximum atomic E-state index is 15.0. The van der Waals surface area contributed by atoms with Gasteiger partial charge in [-0.05, 0) is 70.0 Å². The van der Waals surface area contributed by atoms with Gasteiger partial charge in [-0.15, -0.1) is 0 Å². The van der Waals surface area contributed by atoms with Gasteiger partial charge in [-0.1, -0.05) is 19.1 Å². The molecule has 2 aromatic carbocycles. The zero-order chi connectivity index (χ0) is 50.0. The SMILES string of the molecule is CCNC1C[C@@H]2[C@H]3OC4CCC(C4)N3C(=O)c3c(OCCNC4C[C@H]5[C@H]6OC7CCC(C7)N6C(=O)c6c(O)c(=O)c(C(=O)NCc7ccc(F)cc7F)c4n65)c(=O)c(C(=O)NCc4ccc(F)cc4F)c1n32. The third kappa shape index (κ3) is 7.18. The minimum atomic E-state index is -1.14. The maximum Gasteiger partial charge on any atom is 0.276 e. The summed E-state index contributed by atoms with van der Waals surface area (Å²) in [7, 11) is 0. The third-order valence-corrected chi connectivity index (χ3v) is 15.9. The molecule has 22 heteroatoms. The first-order chi connectivity index (χ1) is 34.7. The van der Waals surface area contributed by atoms with Gasteiger partial charge in [-0.25, -0.2) is 17.6 Å². The van der Waals surface area contributed by atoms with E-state index in [0.29, 0.717) is 57.2 Å². The summed E-state index contributed by atoms with van der Waals surface area (Å²) < 4.78 is 79.6. The van der Waals surface area contributed by atoms with Crippen molar-refractivity contribution in [3.63, 3.8) is 0 Å². The summed E-state index contributed by atoms with van der Waals surface area (Å²) in [6.45, 7) is 1.03. The van der Waals surface area contributed by atoms with Gasteiger partial charge in [0.2, 0.25) is 10.9 Å². The molecule has 5 N–H and O–H groups in total. The number of amides is 4. The van der Waals surface area contributed by atoms with Crippen molar-refractivity contribution in [3.05, 3.63) is 125 Å². The summed E-state index contributed by atoms with van der Waals surface area (Å²) >= 11 is 0. The number of carbonyl (C=O) groups excluding carboxylic acids is 4. The van der Waals surface area contributed by atoms with Crippen LogP contribution in [0.25, 0.3) is 0 Å². The Kier molecular flexibility index (Phi) is 11.3. The Morgan fingerprint density at radius 2 is 1.18 bits per heavy atom. The topological polar surface area (TPSA) is 215 Å². The number of benzene rings is 2. The molecule has 2 saturated carbocycles. The molecule has 6 unspecified atom stereocenters. The summed E-state index contributed by atoms with van der Waals surface area (Å²) in [4.78, 5) is 90.2. The van der Waals surface area contributed by atoms with Crippen molar-refractivity contribution < 1.29 is 56.1 Å². The number of ether oxygens (including phenoxy) is 3. The molecule has 2 aliphatic carbocycles. The van der Waals surface area contributed by atoms with Crippen LogP contribution in [0.1, 0.15) is 147 Å². The van der Waals surface area contributed by atoms with Crippen molar-refractivity contribution in [1.29, 1.82) is 0 Å². The molecule has 4 fully saturated rings. The smallest absolute Gasteiger partial charge is 0.276 e. The number of carbonyl (C=O) groups is 4. The Morgan fingerprint density at radius 1 is 0.681 bits per heavy atom. The van der Waals surface area contributed by atoms with Crippen LogP contribution in [0.5, 0.6) is 11.5 Å². The lowest BCUT2D eigenvalue weighted by Gasteiger charge is -2.47. The number of fused-ring (bicyclic) bond motifs is 10. The van der Waals surface area contributed by atoms with E-state index in [1.54, 1.807) is 14.4 Å². The van der Waals surface area contributed by atoms with E-state index in [-0.39, 0.29) is 83.3 Å². The Morgan fingerprint density at radius 3 is 1.71 bits per heavy atom. The number of halogens is 4. The summed E-state index contributed by atoms with van der Waals surface area (Å²) in [5, 5.41) is 23.3. The van der Waals surface area contributed by atoms with Crippen molar-refractivity contribution in [2.24, 2.45) is 0 Å². The van der Waals surface area contributed by atoms with E-state index in [1.165, 1.54) is 10.6 Å². The van der Waals surface area contributed by atoms with Gasteiger partial charge in [0.25, 0.3) is 23.6 Å². The summed E-state index contributed by atoms with van der Waals surface area (Å²) in [5.41, 5.74) is -3.05. The van der Waals surface area contributed by atoms with E-state index >= 15 is 4.79 Å². The first-order valence-electron chi connectivity index (χ1n) is 24.6. The zero-order valence-corrected chi connectivity index (χ0v) is 38.9. The molecular weight excluding hydrogens is 949 g/mol. The quantitative estimate of drug-likeness (QED) is 0.0955. The molecule has 8 heterocycles. The van der Waals surface area contributed by atoms with Gasteiger partial charge in [0, 0.05) is 55.0 Å². The zero-order valence-electron chi connectivity index (χ0n) is 38.9. The van der Waals surface area contributed by atoms with E-state index < -0.39 is 125 Å². The molecule has 72 heavy (non-hydrogen) atoms. The number of pyridine rings is 2. The van der Waals surface area contributed by atoms with Crippen molar-refractivity contribution in [1.82, 2.24) is 40.2 Å². The average molecular weight is 999 g/mol. The highest BCUT2D eigenvalue weighted by atomic mass is 19.1. The molecule has 8 aliphatic rings. The normalized spacial score (nSPS) is 27.9. The molecule has 2 aromatic heterocycles. The van der Waals surface area contributed by atoms with Crippen LogP contribution in [0.4, 0.5) is 17.6 Å². The van der Waals surface area contributed by atoms with Gasteiger partial charge >= 0.3 is 0 Å². The molecule has 378 valence electrons. The molecule has 2 saturated heterocycles. The minimum absolute atomic E-state index is 0.0302. The first-order valence-corrected chi connectivity index (χ1v) is 24.6. The van der Waals surface area contributed by atoms with Crippen molar-refractivity contribution in [3.8, 4) is 11.5 Å². The lowest BCUT2D eigenvalue weighted by atomic mass is 10.0. The number of nitrogens with zero attached hydrogens (tertiary/aromatic N) is 4. The Bertz CT molecular complexity index is 3130. The first kappa shape index (κ1) is 46.5. The molecule has 18 nitrogen and oxygen atoms in total. The van der Waals surface area contributed by atoms with Crippen molar-refractivity contribution in [2.45, 2.75) is 132 Å². The van der Waals surface area contributed by atoms with E-state index in [2.05, 4.69) is 21.3 Å². The predicted octanol–water partition coefficient (Wildman–Crippen LogP) is 3.85. The largest absolute Gasteiger partial charge is 0.503 e. The van der Waals surface area contributed by atoms with E-state index in [0.717, 1.165) is 24.6 Å². The second kappa shape index (κ2) is 17.6. The van der Waals surface area contributed by atoms with Gasteiger partial charge in [0.15, 0.2) is 35.3 Å². The Balaban J connectivity index is 0.893. The molecule has 0 radical (unpaired) electrons. The maximum absolute atomic E-state index is 15.0. The van der Waals surface area contributed by atoms with Crippen LogP contribution in [-0.4, -0.2) is 104 Å². The average Bonchev–Trinajstić information content (AvgIpc) is 4.13. The van der Waals surface area contributed by atoms with E-state index in [4.69, 9.17) is 14.2 Å². The fourth-order valence-electron chi connectivity index (χ4n) is 12.9. The predicted molar refractivity (Wildman–Crippen MR) is 243 cm³/mol. The second-order valence-corrected chi connectivity index (χ2v) is 19.9. The highest BCUT2D eigenvalue weighted by Crippen LogP contribution is 2.52. The Hall–Kier alpha value is -6.62. The second-order valence-electron chi connectivity index (χ2n) is 19.9. The van der Waals surface area contributed by atoms with Gasteiger partial charge in [0.1, 0.15) is 41.0 Å². The summed E-state index contributed by atoms with van der Waals surface area (Å²) in [5.74, 6) is -7.83.